The van der Waals surface area contributed by atoms with E-state index in [2.05, 4.69) is 11.8 Å². The summed E-state index contributed by atoms with van der Waals surface area (Å²) in [7, 11) is 0. The highest BCUT2D eigenvalue weighted by Gasteiger charge is 2.14. The molecule has 2 rings (SSSR count). The highest BCUT2D eigenvalue weighted by atomic mass is 35.5. The Balaban J connectivity index is 0.000000324. The number of carboxylic acid groups (broad SMARTS) is 1. The quantitative estimate of drug-likeness (QED) is 0.876. The molecule has 0 aromatic heterocycles. The van der Waals surface area contributed by atoms with Gasteiger partial charge in [-0.15, -0.1) is 12.4 Å². The summed E-state index contributed by atoms with van der Waals surface area (Å²) in [5.41, 5.74) is 0.331. The number of nitrogens with zero attached hydrogens (tertiary/aromatic N) is 1. The third kappa shape index (κ3) is 7.15. The average Bonchev–Trinajstić information content (AvgIpc) is 2.41. The maximum Gasteiger partial charge on any atom is 0.335 e. The van der Waals surface area contributed by atoms with Crippen molar-refractivity contribution in [3.05, 3.63) is 35.9 Å². The van der Waals surface area contributed by atoms with E-state index in [1.807, 2.05) is 0 Å². The molecule has 108 valence electrons. The SMILES string of the molecule is CCN1CCC(O)CC1.Cl.O=C(O)c1ccccc1. The van der Waals surface area contributed by atoms with Gasteiger partial charge >= 0.3 is 5.97 Å². The molecule has 0 aliphatic carbocycles. The van der Waals surface area contributed by atoms with Crippen LogP contribution in [0.2, 0.25) is 0 Å². The molecule has 5 heteroatoms. The lowest BCUT2D eigenvalue weighted by Crippen LogP contribution is -2.35. The molecule has 1 fully saturated rings. The van der Waals surface area contributed by atoms with Crippen LogP contribution in [-0.2, 0) is 0 Å². The van der Waals surface area contributed by atoms with E-state index in [-0.39, 0.29) is 18.5 Å². The number of carboxylic acids is 1. The van der Waals surface area contributed by atoms with E-state index >= 15 is 0 Å². The molecule has 0 atom stereocenters. The molecule has 0 unspecified atom stereocenters. The zero-order chi connectivity index (χ0) is 13.4. The lowest BCUT2D eigenvalue weighted by Gasteiger charge is -2.27. The van der Waals surface area contributed by atoms with E-state index in [4.69, 9.17) is 10.2 Å². The van der Waals surface area contributed by atoms with Gasteiger partial charge in [0.15, 0.2) is 0 Å². The lowest BCUT2D eigenvalue weighted by molar-refractivity contribution is 0.0696. The van der Waals surface area contributed by atoms with Gasteiger partial charge in [0.05, 0.1) is 11.7 Å². The van der Waals surface area contributed by atoms with Crippen LogP contribution in [0.4, 0.5) is 0 Å². The second-order valence-corrected chi connectivity index (χ2v) is 4.34. The second-order valence-electron chi connectivity index (χ2n) is 4.34. The number of benzene rings is 1. The van der Waals surface area contributed by atoms with Crippen molar-refractivity contribution in [3.63, 3.8) is 0 Å². The normalized spacial score (nSPS) is 15.9. The van der Waals surface area contributed by atoms with Gasteiger partial charge in [-0.25, -0.2) is 4.79 Å². The minimum atomic E-state index is -0.879. The van der Waals surface area contributed by atoms with Gasteiger partial charge < -0.3 is 15.1 Å². The summed E-state index contributed by atoms with van der Waals surface area (Å²) in [6, 6.07) is 8.30. The van der Waals surface area contributed by atoms with Gasteiger partial charge in [-0.1, -0.05) is 25.1 Å². The average molecular weight is 288 g/mol. The molecule has 1 saturated heterocycles. The Bertz CT molecular complexity index is 351. The Morgan fingerprint density at radius 2 is 1.79 bits per heavy atom. The third-order valence-electron chi connectivity index (χ3n) is 3.03. The number of aromatic carboxylic acids is 1. The fourth-order valence-corrected chi connectivity index (χ4v) is 1.82. The summed E-state index contributed by atoms with van der Waals surface area (Å²) >= 11 is 0. The number of likely N-dealkylation sites (tertiary alicyclic amines) is 1. The van der Waals surface area contributed by atoms with E-state index in [1.54, 1.807) is 30.3 Å². The summed E-state index contributed by atoms with van der Waals surface area (Å²) in [6.07, 6.45) is 1.91. The molecule has 2 N–H and O–H groups in total. The van der Waals surface area contributed by atoms with Gasteiger partial charge in [-0.2, -0.15) is 0 Å². The first-order valence-electron chi connectivity index (χ1n) is 6.32. The van der Waals surface area contributed by atoms with Crippen LogP contribution in [0, 0.1) is 0 Å². The summed E-state index contributed by atoms with van der Waals surface area (Å²) in [4.78, 5) is 12.6. The molecule has 19 heavy (non-hydrogen) atoms. The van der Waals surface area contributed by atoms with Crippen LogP contribution in [0.15, 0.2) is 30.3 Å². The van der Waals surface area contributed by atoms with E-state index in [0.29, 0.717) is 5.56 Å². The van der Waals surface area contributed by atoms with Crippen LogP contribution in [0.25, 0.3) is 0 Å². The molecule has 0 bridgehead atoms. The Hall–Kier alpha value is -1.10. The Labute approximate surface area is 120 Å². The summed E-state index contributed by atoms with van der Waals surface area (Å²) in [5.74, 6) is -0.879. The molecule has 1 aromatic rings. The van der Waals surface area contributed by atoms with Crippen LogP contribution >= 0.6 is 12.4 Å². The summed E-state index contributed by atoms with van der Waals surface area (Å²) in [5, 5.41) is 17.5. The standard InChI is InChI=1S/C7H15NO.C7H6O2.ClH/c1-2-8-5-3-7(9)4-6-8;8-7(9)6-4-2-1-3-5-6;/h7,9H,2-6H2,1H3;1-5H,(H,8,9);1H. The van der Waals surface area contributed by atoms with Crippen LogP contribution in [-0.4, -0.2) is 46.8 Å². The summed E-state index contributed by atoms with van der Waals surface area (Å²) in [6.45, 7) is 5.46. The first kappa shape index (κ1) is 17.9. The number of hydrogen-bond donors (Lipinski definition) is 2. The number of aliphatic hydroxyl groups excluding tert-OH is 1. The van der Waals surface area contributed by atoms with Crippen molar-refractivity contribution in [3.8, 4) is 0 Å². The van der Waals surface area contributed by atoms with Crippen LogP contribution < -0.4 is 0 Å². The van der Waals surface area contributed by atoms with Crippen LogP contribution in [0.1, 0.15) is 30.1 Å². The van der Waals surface area contributed by atoms with Gasteiger partial charge in [0.1, 0.15) is 0 Å². The van der Waals surface area contributed by atoms with Gasteiger partial charge in [0, 0.05) is 13.1 Å². The molecule has 1 aliphatic rings. The van der Waals surface area contributed by atoms with Gasteiger partial charge in [-0.05, 0) is 31.5 Å². The second kappa shape index (κ2) is 9.78. The smallest absolute Gasteiger partial charge is 0.335 e. The van der Waals surface area contributed by atoms with Gasteiger partial charge in [0.2, 0.25) is 0 Å². The summed E-state index contributed by atoms with van der Waals surface area (Å²) < 4.78 is 0. The van der Waals surface area contributed by atoms with E-state index < -0.39 is 5.97 Å². The van der Waals surface area contributed by atoms with Crippen molar-refractivity contribution in [1.82, 2.24) is 4.90 Å². The van der Waals surface area contributed by atoms with Gasteiger partial charge in [-0.3, -0.25) is 0 Å². The predicted octanol–water partition coefficient (Wildman–Crippen LogP) is 2.27. The van der Waals surface area contributed by atoms with E-state index in [1.165, 1.54) is 0 Å². The van der Waals surface area contributed by atoms with E-state index in [9.17, 15) is 4.79 Å². The van der Waals surface area contributed by atoms with Crippen molar-refractivity contribution in [2.24, 2.45) is 0 Å². The maximum atomic E-state index is 10.2. The zero-order valence-electron chi connectivity index (χ0n) is 11.2. The third-order valence-corrected chi connectivity index (χ3v) is 3.03. The van der Waals surface area contributed by atoms with Crippen molar-refractivity contribution >= 4 is 18.4 Å². The van der Waals surface area contributed by atoms with Crippen molar-refractivity contribution in [2.45, 2.75) is 25.9 Å². The Morgan fingerprint density at radius 3 is 2.16 bits per heavy atom. The van der Waals surface area contributed by atoms with E-state index in [0.717, 1.165) is 32.5 Å². The van der Waals surface area contributed by atoms with Gasteiger partial charge in [0.25, 0.3) is 0 Å². The molecular formula is C14H22ClNO3. The number of hydrogen-bond acceptors (Lipinski definition) is 3. The number of halogens is 1. The lowest BCUT2D eigenvalue weighted by atomic mass is 10.1. The zero-order valence-corrected chi connectivity index (χ0v) is 12.0. The first-order chi connectivity index (χ1) is 8.63. The minimum Gasteiger partial charge on any atom is -0.478 e. The molecule has 0 radical (unpaired) electrons. The maximum absolute atomic E-state index is 10.2. The minimum absolute atomic E-state index is 0. The fourth-order valence-electron chi connectivity index (χ4n) is 1.82. The van der Waals surface area contributed by atoms with Crippen molar-refractivity contribution in [1.29, 1.82) is 0 Å². The molecular weight excluding hydrogens is 266 g/mol. The fraction of sp³-hybridized carbons (Fsp3) is 0.500. The van der Waals surface area contributed by atoms with Crippen molar-refractivity contribution in [2.75, 3.05) is 19.6 Å². The molecule has 1 heterocycles. The molecule has 4 nitrogen and oxygen atoms in total. The molecule has 1 aromatic carbocycles. The number of carbonyl (C=O) groups is 1. The number of aliphatic hydroxyl groups is 1. The number of rotatable bonds is 2. The molecule has 1 aliphatic heterocycles. The molecule has 0 amide bonds. The number of piperidine rings is 1. The Kier molecular flexibility index (Phi) is 9.21. The largest absolute Gasteiger partial charge is 0.478 e. The first-order valence-corrected chi connectivity index (χ1v) is 6.32. The van der Waals surface area contributed by atoms with Crippen molar-refractivity contribution < 1.29 is 15.0 Å². The highest BCUT2D eigenvalue weighted by molar-refractivity contribution is 5.87. The topological polar surface area (TPSA) is 60.8 Å². The predicted molar refractivity (Wildman–Crippen MR) is 78.0 cm³/mol. The molecule has 0 spiro atoms. The highest BCUT2D eigenvalue weighted by Crippen LogP contribution is 2.08. The monoisotopic (exact) mass is 287 g/mol. The Morgan fingerprint density at radius 1 is 1.26 bits per heavy atom. The van der Waals surface area contributed by atoms with Crippen LogP contribution in [0.3, 0.4) is 0 Å². The molecule has 0 saturated carbocycles. The van der Waals surface area contributed by atoms with Crippen LogP contribution in [0.5, 0.6) is 0 Å².